The van der Waals surface area contributed by atoms with Crippen molar-refractivity contribution >= 4 is 32.7 Å². The van der Waals surface area contributed by atoms with Crippen LogP contribution in [0.5, 0.6) is 0 Å². The first-order valence-corrected chi connectivity index (χ1v) is 14.1. The molecule has 3 aromatic rings. The average molecular weight is 494 g/mol. The molecule has 0 N–H and O–H groups in total. The van der Waals surface area contributed by atoms with E-state index in [0.717, 1.165) is 60.1 Å². The van der Waals surface area contributed by atoms with E-state index in [-0.39, 0.29) is 11.9 Å². The van der Waals surface area contributed by atoms with Crippen LogP contribution in [0.15, 0.2) is 35.4 Å². The van der Waals surface area contributed by atoms with Gasteiger partial charge in [-0.15, -0.1) is 0 Å². The summed E-state index contributed by atoms with van der Waals surface area (Å²) in [6.07, 6.45) is 7.47. The molecule has 1 amide bonds. The Balaban J connectivity index is 1.35. The Morgan fingerprint density at radius 1 is 1.06 bits per heavy atom. The Kier molecular flexibility index (Phi) is 5.45. The predicted octanol–water partition coefficient (Wildman–Crippen LogP) is 4.27. The summed E-state index contributed by atoms with van der Waals surface area (Å²) in [5.41, 5.74) is 4.05. The van der Waals surface area contributed by atoms with Crippen molar-refractivity contribution < 1.29 is 13.2 Å². The second-order valence-electron chi connectivity index (χ2n) is 10.3. The highest BCUT2D eigenvalue weighted by molar-refractivity contribution is 7.89. The fraction of sp³-hybridized carbons (Fsp3) is 0.500. The van der Waals surface area contributed by atoms with Crippen LogP contribution in [0.3, 0.4) is 0 Å². The molecule has 8 nitrogen and oxygen atoms in total. The number of hydrogen-bond donors (Lipinski definition) is 0. The molecule has 4 heterocycles. The Morgan fingerprint density at radius 2 is 1.83 bits per heavy atom. The number of piperidine rings is 1. The lowest BCUT2D eigenvalue weighted by molar-refractivity contribution is 0.0990. The highest BCUT2D eigenvalue weighted by atomic mass is 32.2. The van der Waals surface area contributed by atoms with Gasteiger partial charge in [0.1, 0.15) is 0 Å². The summed E-state index contributed by atoms with van der Waals surface area (Å²) in [4.78, 5) is 20.8. The number of amides is 1. The summed E-state index contributed by atoms with van der Waals surface area (Å²) in [6, 6.07) is 7.31. The third kappa shape index (κ3) is 3.85. The first-order chi connectivity index (χ1) is 16.8. The predicted molar refractivity (Wildman–Crippen MR) is 134 cm³/mol. The van der Waals surface area contributed by atoms with Gasteiger partial charge in [0.15, 0.2) is 5.65 Å². The maximum absolute atomic E-state index is 13.9. The number of carbonyl (C=O) groups is 1. The van der Waals surface area contributed by atoms with Crippen molar-refractivity contribution in [1.29, 1.82) is 0 Å². The minimum absolute atomic E-state index is 0.0759. The summed E-state index contributed by atoms with van der Waals surface area (Å²) in [7, 11) is -3.51. The van der Waals surface area contributed by atoms with Crippen LogP contribution in [0.2, 0.25) is 0 Å². The normalized spacial score (nSPS) is 19.0. The monoisotopic (exact) mass is 493 g/mol. The summed E-state index contributed by atoms with van der Waals surface area (Å²) >= 11 is 0. The molecule has 35 heavy (non-hydrogen) atoms. The molecule has 6 rings (SSSR count). The maximum atomic E-state index is 13.9. The molecule has 0 atom stereocenters. The lowest BCUT2D eigenvalue weighted by Gasteiger charge is -2.26. The molecule has 184 valence electrons. The third-order valence-electron chi connectivity index (χ3n) is 7.45. The van der Waals surface area contributed by atoms with E-state index in [0.29, 0.717) is 42.4 Å². The molecule has 1 aliphatic carbocycles. The van der Waals surface area contributed by atoms with Gasteiger partial charge < -0.3 is 4.90 Å². The Labute approximate surface area is 206 Å². The van der Waals surface area contributed by atoms with Gasteiger partial charge in [-0.25, -0.2) is 18.1 Å². The molecule has 0 spiro atoms. The van der Waals surface area contributed by atoms with Crippen molar-refractivity contribution in [2.24, 2.45) is 0 Å². The Morgan fingerprint density at radius 3 is 2.54 bits per heavy atom. The lowest BCUT2D eigenvalue weighted by Crippen LogP contribution is -2.35. The third-order valence-corrected chi connectivity index (χ3v) is 9.34. The molecule has 0 unspecified atom stereocenters. The molecule has 2 aliphatic heterocycles. The summed E-state index contributed by atoms with van der Waals surface area (Å²) < 4.78 is 29.8. The zero-order valence-electron chi connectivity index (χ0n) is 20.3. The molecule has 1 saturated carbocycles. The molecule has 0 bridgehead atoms. The van der Waals surface area contributed by atoms with Gasteiger partial charge in [0.25, 0.3) is 5.91 Å². The summed E-state index contributed by atoms with van der Waals surface area (Å²) in [5, 5.41) is 5.29. The van der Waals surface area contributed by atoms with Gasteiger partial charge in [-0.2, -0.15) is 9.40 Å². The second kappa shape index (κ2) is 8.41. The number of sulfonamides is 1. The Bertz CT molecular complexity index is 1420. The second-order valence-corrected chi connectivity index (χ2v) is 12.2. The van der Waals surface area contributed by atoms with Gasteiger partial charge in [0.2, 0.25) is 10.0 Å². The minimum Gasteiger partial charge on any atom is -0.308 e. The van der Waals surface area contributed by atoms with Crippen molar-refractivity contribution in [2.45, 2.75) is 69.2 Å². The van der Waals surface area contributed by atoms with E-state index >= 15 is 0 Å². The highest BCUT2D eigenvalue weighted by Gasteiger charge is 2.33. The highest BCUT2D eigenvalue weighted by Crippen LogP contribution is 2.41. The zero-order valence-corrected chi connectivity index (χ0v) is 21.1. The van der Waals surface area contributed by atoms with Crippen LogP contribution in [0.4, 0.5) is 5.69 Å². The number of rotatable bonds is 5. The van der Waals surface area contributed by atoms with E-state index in [1.54, 1.807) is 33.6 Å². The van der Waals surface area contributed by atoms with Gasteiger partial charge in [-0.05, 0) is 75.8 Å². The van der Waals surface area contributed by atoms with E-state index in [1.807, 2.05) is 10.7 Å². The minimum atomic E-state index is -3.51. The van der Waals surface area contributed by atoms with E-state index in [2.05, 4.69) is 18.9 Å². The average Bonchev–Trinajstić information content (AvgIpc) is 3.48. The van der Waals surface area contributed by atoms with Crippen LogP contribution in [0, 0.1) is 0 Å². The Hall–Kier alpha value is -2.78. The van der Waals surface area contributed by atoms with E-state index in [9.17, 15) is 13.2 Å². The molecule has 1 saturated heterocycles. The van der Waals surface area contributed by atoms with Crippen LogP contribution >= 0.6 is 0 Å². The molecule has 2 aromatic heterocycles. The van der Waals surface area contributed by atoms with Crippen LogP contribution in [0.25, 0.3) is 11.0 Å². The number of pyridine rings is 1. The van der Waals surface area contributed by atoms with Crippen LogP contribution in [0.1, 0.15) is 79.5 Å². The van der Waals surface area contributed by atoms with Gasteiger partial charge in [-0.1, -0.05) is 6.42 Å². The van der Waals surface area contributed by atoms with Crippen molar-refractivity contribution in [3.63, 3.8) is 0 Å². The number of anilines is 1. The van der Waals surface area contributed by atoms with Gasteiger partial charge >= 0.3 is 0 Å². The smallest absolute Gasteiger partial charge is 0.259 e. The number of carbonyl (C=O) groups excluding carboxylic acids is 1. The fourth-order valence-electron chi connectivity index (χ4n) is 5.33. The standard InChI is InChI=1S/C26H31N5O3S/c1-17(2)31-25-22(16-27-31)21(15-23(28-25)18-6-7-18)26(32)30-13-10-19-14-20(8-9-24(19)30)35(33,34)29-11-4-3-5-12-29/h8-9,14-18H,3-7,10-13H2,1-2H3. The first-order valence-electron chi connectivity index (χ1n) is 12.7. The molecule has 2 fully saturated rings. The first kappa shape index (κ1) is 22.7. The number of benzene rings is 1. The molecular formula is C26H31N5O3S. The number of nitrogens with zero attached hydrogens (tertiary/aromatic N) is 5. The number of hydrogen-bond acceptors (Lipinski definition) is 5. The topological polar surface area (TPSA) is 88.4 Å². The molecule has 1 aromatic carbocycles. The van der Waals surface area contributed by atoms with E-state index in [1.165, 1.54) is 0 Å². The zero-order chi connectivity index (χ0) is 24.3. The van der Waals surface area contributed by atoms with E-state index in [4.69, 9.17) is 4.98 Å². The molecule has 9 heteroatoms. The van der Waals surface area contributed by atoms with E-state index < -0.39 is 10.0 Å². The van der Waals surface area contributed by atoms with Crippen LogP contribution in [-0.2, 0) is 16.4 Å². The summed E-state index contributed by atoms with van der Waals surface area (Å²) in [6.45, 7) is 5.81. The molecule has 3 aliphatic rings. The van der Waals surface area contributed by atoms with Crippen LogP contribution in [-0.4, -0.2) is 53.0 Å². The maximum Gasteiger partial charge on any atom is 0.259 e. The fourth-order valence-corrected chi connectivity index (χ4v) is 6.90. The van der Waals surface area contributed by atoms with Crippen molar-refractivity contribution in [3.05, 3.63) is 47.3 Å². The largest absolute Gasteiger partial charge is 0.308 e. The SMILES string of the molecule is CC(C)n1ncc2c(C(=O)N3CCc4cc(S(=O)(=O)N5CCCCC5)ccc43)cc(C3CC3)nc21. The van der Waals surface area contributed by atoms with Gasteiger partial charge in [0, 0.05) is 43.0 Å². The van der Waals surface area contributed by atoms with Crippen molar-refractivity contribution in [3.8, 4) is 0 Å². The number of fused-ring (bicyclic) bond motifs is 2. The summed E-state index contributed by atoms with van der Waals surface area (Å²) in [5.74, 6) is 0.336. The van der Waals surface area contributed by atoms with Gasteiger partial charge in [-0.3, -0.25) is 4.79 Å². The van der Waals surface area contributed by atoms with Crippen molar-refractivity contribution in [1.82, 2.24) is 19.1 Å². The van der Waals surface area contributed by atoms with Crippen LogP contribution < -0.4 is 4.90 Å². The van der Waals surface area contributed by atoms with Gasteiger partial charge in [0.05, 0.1) is 22.0 Å². The lowest BCUT2D eigenvalue weighted by atomic mass is 10.1. The molecular weight excluding hydrogens is 462 g/mol. The number of aromatic nitrogens is 3. The molecule has 0 radical (unpaired) electrons. The quantitative estimate of drug-likeness (QED) is 0.530. The van der Waals surface area contributed by atoms with Crippen molar-refractivity contribution in [2.75, 3.05) is 24.5 Å².